The van der Waals surface area contributed by atoms with Crippen LogP contribution in [0.3, 0.4) is 0 Å². The normalized spacial score (nSPS) is 14.2. The number of nitrogens with two attached hydrogens (primary N) is 1. The number of carbonyl (C=O) groups is 5. The first-order chi connectivity index (χ1) is 11.5. The van der Waals surface area contributed by atoms with Crippen molar-refractivity contribution in [1.29, 1.82) is 0 Å². The Labute approximate surface area is 143 Å². The zero-order chi connectivity index (χ0) is 19.7. The molecule has 142 valence electrons. The van der Waals surface area contributed by atoms with Gasteiger partial charge < -0.3 is 31.7 Å². The Bertz CT molecular complexity index is 534. The van der Waals surface area contributed by atoms with Crippen LogP contribution in [0.5, 0.6) is 0 Å². The second-order valence-electron chi connectivity index (χ2n) is 5.77. The Morgan fingerprint density at radius 2 is 1.48 bits per heavy atom. The van der Waals surface area contributed by atoms with Crippen LogP contribution < -0.4 is 16.4 Å². The van der Waals surface area contributed by atoms with Gasteiger partial charge in [-0.25, -0.2) is 4.79 Å². The van der Waals surface area contributed by atoms with Crippen molar-refractivity contribution in [3.63, 3.8) is 0 Å². The summed E-state index contributed by atoms with van der Waals surface area (Å²) >= 11 is 0. The third-order valence-electron chi connectivity index (χ3n) is 3.25. The van der Waals surface area contributed by atoms with Crippen molar-refractivity contribution in [1.82, 2.24) is 10.6 Å². The molecule has 0 aromatic heterocycles. The highest BCUT2D eigenvalue weighted by atomic mass is 16.4. The van der Waals surface area contributed by atoms with Gasteiger partial charge in [-0.3, -0.25) is 19.2 Å². The zero-order valence-corrected chi connectivity index (χ0v) is 13.9. The van der Waals surface area contributed by atoms with Gasteiger partial charge in [0.15, 0.2) is 0 Å². The fourth-order valence-corrected chi connectivity index (χ4v) is 1.84. The number of aliphatic carboxylic acids is 3. The van der Waals surface area contributed by atoms with E-state index in [1.165, 1.54) is 0 Å². The maximum atomic E-state index is 12.2. The van der Waals surface area contributed by atoms with E-state index in [-0.39, 0.29) is 12.8 Å². The van der Waals surface area contributed by atoms with Gasteiger partial charge in [0.1, 0.15) is 12.1 Å². The Morgan fingerprint density at radius 1 is 0.920 bits per heavy atom. The molecule has 3 atom stereocenters. The molecule has 0 spiro atoms. The number of carboxylic acid groups (broad SMARTS) is 3. The summed E-state index contributed by atoms with van der Waals surface area (Å²) in [6.07, 6.45) is -1.28. The molecule has 25 heavy (non-hydrogen) atoms. The van der Waals surface area contributed by atoms with E-state index in [4.69, 9.17) is 21.1 Å². The predicted octanol–water partition coefficient (Wildman–Crippen LogP) is -1.64. The van der Waals surface area contributed by atoms with Crippen molar-refractivity contribution in [3.05, 3.63) is 0 Å². The molecular formula is C14H23N3O8. The first-order valence-electron chi connectivity index (χ1n) is 7.48. The highest BCUT2D eigenvalue weighted by molar-refractivity contribution is 5.93. The number of amides is 2. The largest absolute Gasteiger partial charge is 0.481 e. The first-order valence-corrected chi connectivity index (χ1v) is 7.48. The van der Waals surface area contributed by atoms with Crippen LogP contribution in [0.25, 0.3) is 0 Å². The molecule has 0 aliphatic carbocycles. The van der Waals surface area contributed by atoms with Crippen molar-refractivity contribution < 1.29 is 39.3 Å². The highest BCUT2D eigenvalue weighted by Crippen LogP contribution is 2.05. The van der Waals surface area contributed by atoms with Gasteiger partial charge in [0.2, 0.25) is 11.8 Å². The van der Waals surface area contributed by atoms with Crippen LogP contribution in [-0.4, -0.2) is 63.2 Å². The van der Waals surface area contributed by atoms with Crippen molar-refractivity contribution >= 4 is 29.7 Å². The lowest BCUT2D eigenvalue weighted by Crippen LogP contribution is -2.56. The average molecular weight is 361 g/mol. The smallest absolute Gasteiger partial charge is 0.326 e. The third kappa shape index (κ3) is 8.65. The number of hydrogen-bond acceptors (Lipinski definition) is 6. The topological polar surface area (TPSA) is 196 Å². The molecule has 0 rings (SSSR count). The van der Waals surface area contributed by atoms with Crippen molar-refractivity contribution in [2.45, 2.75) is 51.2 Å². The maximum absolute atomic E-state index is 12.2. The number of carbonyl (C=O) groups excluding carboxylic acids is 2. The molecule has 0 aromatic rings. The summed E-state index contributed by atoms with van der Waals surface area (Å²) in [7, 11) is 0. The van der Waals surface area contributed by atoms with Crippen LogP contribution in [0.4, 0.5) is 0 Å². The maximum Gasteiger partial charge on any atom is 0.326 e. The van der Waals surface area contributed by atoms with Crippen LogP contribution in [0, 0.1) is 5.92 Å². The monoisotopic (exact) mass is 361 g/mol. The standard InChI is InChI=1S/C14H23N3O8/c1-6(2)11(17-12(22)7(15)3-4-9(18)19)13(23)16-8(14(24)25)5-10(20)21/h6-8,11H,3-5,15H2,1-2H3,(H,16,23)(H,17,22)(H,18,19)(H,20,21)(H,24,25). The number of carboxylic acids is 3. The van der Waals surface area contributed by atoms with Gasteiger partial charge in [-0.05, 0) is 12.3 Å². The van der Waals surface area contributed by atoms with E-state index in [1.54, 1.807) is 13.8 Å². The molecular weight excluding hydrogens is 338 g/mol. The van der Waals surface area contributed by atoms with E-state index >= 15 is 0 Å². The number of nitrogens with one attached hydrogen (secondary N) is 2. The lowest BCUT2D eigenvalue weighted by Gasteiger charge is -2.24. The summed E-state index contributed by atoms with van der Waals surface area (Å²) in [5.74, 6) is -6.15. The Balaban J connectivity index is 4.94. The first kappa shape index (κ1) is 22.3. The number of hydrogen-bond donors (Lipinski definition) is 6. The molecule has 0 aliphatic rings. The van der Waals surface area contributed by atoms with E-state index in [0.717, 1.165) is 0 Å². The lowest BCUT2D eigenvalue weighted by atomic mass is 10.0. The van der Waals surface area contributed by atoms with E-state index in [9.17, 15) is 24.0 Å². The molecule has 0 saturated carbocycles. The summed E-state index contributed by atoms with van der Waals surface area (Å²) in [5, 5.41) is 30.6. The minimum absolute atomic E-state index is 0.135. The van der Waals surface area contributed by atoms with E-state index in [2.05, 4.69) is 10.6 Å². The molecule has 11 heteroatoms. The fourth-order valence-electron chi connectivity index (χ4n) is 1.84. The molecule has 0 saturated heterocycles. The quantitative estimate of drug-likeness (QED) is 0.250. The minimum Gasteiger partial charge on any atom is -0.481 e. The van der Waals surface area contributed by atoms with E-state index in [0.29, 0.717) is 0 Å². The van der Waals surface area contributed by atoms with Crippen LogP contribution in [0.1, 0.15) is 33.1 Å². The third-order valence-corrected chi connectivity index (χ3v) is 3.25. The van der Waals surface area contributed by atoms with Gasteiger partial charge in [0, 0.05) is 6.42 Å². The SMILES string of the molecule is CC(C)C(NC(=O)C(N)CCC(=O)O)C(=O)NC(CC(=O)O)C(=O)O. The summed E-state index contributed by atoms with van der Waals surface area (Å²) < 4.78 is 0. The van der Waals surface area contributed by atoms with Gasteiger partial charge in [0.05, 0.1) is 12.5 Å². The summed E-state index contributed by atoms with van der Waals surface area (Å²) in [6.45, 7) is 3.17. The molecule has 0 bridgehead atoms. The second-order valence-corrected chi connectivity index (χ2v) is 5.77. The molecule has 0 aromatic carbocycles. The van der Waals surface area contributed by atoms with Crippen molar-refractivity contribution in [2.75, 3.05) is 0 Å². The van der Waals surface area contributed by atoms with Gasteiger partial charge >= 0.3 is 17.9 Å². The molecule has 11 nitrogen and oxygen atoms in total. The molecule has 0 fully saturated rings. The predicted molar refractivity (Wildman–Crippen MR) is 83.4 cm³/mol. The van der Waals surface area contributed by atoms with E-state index in [1.807, 2.05) is 0 Å². The highest BCUT2D eigenvalue weighted by Gasteiger charge is 2.30. The fraction of sp³-hybridized carbons (Fsp3) is 0.643. The van der Waals surface area contributed by atoms with Crippen molar-refractivity contribution in [2.24, 2.45) is 11.7 Å². The summed E-state index contributed by atoms with van der Waals surface area (Å²) in [5.41, 5.74) is 5.55. The second kappa shape index (κ2) is 10.2. The number of rotatable bonds is 11. The average Bonchev–Trinajstić information content (AvgIpc) is 2.47. The van der Waals surface area contributed by atoms with Crippen LogP contribution in [-0.2, 0) is 24.0 Å². The Morgan fingerprint density at radius 3 is 1.88 bits per heavy atom. The molecule has 0 heterocycles. The van der Waals surface area contributed by atoms with E-state index < -0.39 is 60.2 Å². The van der Waals surface area contributed by atoms with Crippen LogP contribution >= 0.6 is 0 Å². The van der Waals surface area contributed by atoms with Crippen molar-refractivity contribution in [3.8, 4) is 0 Å². The van der Waals surface area contributed by atoms with Gasteiger partial charge in [-0.2, -0.15) is 0 Å². The molecule has 0 aliphatic heterocycles. The van der Waals surface area contributed by atoms with Crippen LogP contribution in [0.2, 0.25) is 0 Å². The Kier molecular flexibility index (Phi) is 9.13. The Hall–Kier alpha value is -2.69. The zero-order valence-electron chi connectivity index (χ0n) is 13.9. The molecule has 7 N–H and O–H groups in total. The van der Waals surface area contributed by atoms with Gasteiger partial charge in [-0.1, -0.05) is 13.8 Å². The summed E-state index contributed by atoms with van der Waals surface area (Å²) in [6, 6.07) is -3.96. The molecule has 2 amide bonds. The van der Waals surface area contributed by atoms with Crippen LogP contribution in [0.15, 0.2) is 0 Å². The van der Waals surface area contributed by atoms with Gasteiger partial charge in [-0.15, -0.1) is 0 Å². The lowest BCUT2D eigenvalue weighted by molar-refractivity contribution is -0.147. The summed E-state index contributed by atoms with van der Waals surface area (Å²) in [4.78, 5) is 56.3. The molecule has 0 radical (unpaired) electrons. The minimum atomic E-state index is -1.65. The molecule has 3 unspecified atom stereocenters. The van der Waals surface area contributed by atoms with Gasteiger partial charge in [0.25, 0.3) is 0 Å².